The third-order valence-corrected chi connectivity index (χ3v) is 3.26. The second-order valence-corrected chi connectivity index (χ2v) is 4.96. The molecule has 108 valence electrons. The summed E-state index contributed by atoms with van der Waals surface area (Å²) in [4.78, 5) is 4.44. The summed E-state index contributed by atoms with van der Waals surface area (Å²) in [6.45, 7) is 2.11. The Morgan fingerprint density at radius 1 is 1.33 bits per heavy atom. The van der Waals surface area contributed by atoms with Crippen LogP contribution in [-0.4, -0.2) is 9.38 Å². The summed E-state index contributed by atoms with van der Waals surface area (Å²) in [5.74, 6) is 0.117. The molecule has 1 unspecified atom stereocenters. The minimum Gasteiger partial charge on any atom is -0.487 e. The summed E-state index contributed by atoms with van der Waals surface area (Å²) in [5, 5.41) is 0. The van der Waals surface area contributed by atoms with Gasteiger partial charge in [-0.25, -0.2) is 9.37 Å². The highest BCUT2D eigenvalue weighted by molar-refractivity contribution is 5.40. The van der Waals surface area contributed by atoms with Gasteiger partial charge in [0.1, 0.15) is 23.8 Å². The minimum absolute atomic E-state index is 0.221. The van der Waals surface area contributed by atoms with Crippen molar-refractivity contribution in [1.29, 1.82) is 0 Å². The predicted octanol–water partition coefficient (Wildman–Crippen LogP) is 3.07. The van der Waals surface area contributed by atoms with Gasteiger partial charge in [-0.1, -0.05) is 12.1 Å². The molecule has 3 aromatic rings. The number of imidazole rings is 1. The van der Waals surface area contributed by atoms with E-state index in [1.807, 2.05) is 41.9 Å². The number of pyridine rings is 1. The molecule has 0 saturated heterocycles. The zero-order chi connectivity index (χ0) is 14.8. The van der Waals surface area contributed by atoms with Gasteiger partial charge in [0.25, 0.3) is 0 Å². The van der Waals surface area contributed by atoms with E-state index in [1.165, 1.54) is 12.1 Å². The van der Waals surface area contributed by atoms with Crippen molar-refractivity contribution in [3.63, 3.8) is 0 Å². The van der Waals surface area contributed by atoms with E-state index in [-0.39, 0.29) is 18.5 Å². The van der Waals surface area contributed by atoms with Crippen molar-refractivity contribution in [2.24, 2.45) is 5.73 Å². The Hall–Kier alpha value is -2.40. The lowest BCUT2D eigenvalue weighted by Crippen LogP contribution is -2.08. The van der Waals surface area contributed by atoms with Crippen LogP contribution >= 0.6 is 0 Å². The molecule has 2 aromatic heterocycles. The van der Waals surface area contributed by atoms with Gasteiger partial charge < -0.3 is 14.9 Å². The maximum Gasteiger partial charge on any atom is 0.137 e. The van der Waals surface area contributed by atoms with Crippen molar-refractivity contribution < 1.29 is 9.13 Å². The average molecular weight is 285 g/mol. The molecule has 0 aliphatic carbocycles. The van der Waals surface area contributed by atoms with Gasteiger partial charge in [-0.3, -0.25) is 0 Å². The van der Waals surface area contributed by atoms with Crippen molar-refractivity contribution in [3.8, 4) is 5.75 Å². The molecule has 2 heterocycles. The number of benzene rings is 1. The highest BCUT2D eigenvalue weighted by atomic mass is 19.1. The van der Waals surface area contributed by atoms with Crippen LogP contribution in [0.25, 0.3) is 5.65 Å². The molecular formula is C16H16FN3O. The van der Waals surface area contributed by atoms with Gasteiger partial charge in [0.2, 0.25) is 0 Å². The molecule has 0 aliphatic rings. The van der Waals surface area contributed by atoms with E-state index in [4.69, 9.17) is 10.5 Å². The molecule has 3 rings (SSSR count). The summed E-state index contributed by atoms with van der Waals surface area (Å²) < 4.78 is 21.0. The summed E-state index contributed by atoms with van der Waals surface area (Å²) in [6, 6.07) is 9.94. The quantitative estimate of drug-likeness (QED) is 0.801. The number of rotatable bonds is 4. The first-order valence-electron chi connectivity index (χ1n) is 6.74. The fourth-order valence-electron chi connectivity index (χ4n) is 2.22. The minimum atomic E-state index is -0.343. The van der Waals surface area contributed by atoms with Crippen LogP contribution in [-0.2, 0) is 6.61 Å². The second-order valence-electron chi connectivity index (χ2n) is 4.96. The van der Waals surface area contributed by atoms with Gasteiger partial charge in [0.05, 0.1) is 5.69 Å². The Morgan fingerprint density at radius 3 is 2.95 bits per heavy atom. The van der Waals surface area contributed by atoms with Crippen molar-refractivity contribution in [3.05, 3.63) is 65.9 Å². The number of hydrogen-bond acceptors (Lipinski definition) is 3. The predicted molar refractivity (Wildman–Crippen MR) is 78.5 cm³/mol. The van der Waals surface area contributed by atoms with Crippen LogP contribution in [0.5, 0.6) is 5.75 Å². The monoisotopic (exact) mass is 285 g/mol. The van der Waals surface area contributed by atoms with Gasteiger partial charge in [0.15, 0.2) is 0 Å². The molecule has 1 atom stereocenters. The molecule has 0 aliphatic heterocycles. The van der Waals surface area contributed by atoms with Crippen molar-refractivity contribution in [2.75, 3.05) is 0 Å². The normalized spacial score (nSPS) is 12.5. The zero-order valence-electron chi connectivity index (χ0n) is 11.7. The first kappa shape index (κ1) is 13.6. The van der Waals surface area contributed by atoms with Crippen LogP contribution in [0.1, 0.15) is 24.2 Å². The molecular weight excluding hydrogens is 269 g/mol. The van der Waals surface area contributed by atoms with Crippen LogP contribution in [0, 0.1) is 5.82 Å². The summed E-state index contributed by atoms with van der Waals surface area (Å²) in [7, 11) is 0. The Balaban J connectivity index is 1.82. The topological polar surface area (TPSA) is 52.5 Å². The molecule has 0 fully saturated rings. The molecule has 5 heteroatoms. The highest BCUT2D eigenvalue weighted by Gasteiger charge is 2.10. The Kier molecular flexibility index (Phi) is 3.58. The largest absolute Gasteiger partial charge is 0.487 e. The molecule has 0 amide bonds. The fourth-order valence-corrected chi connectivity index (χ4v) is 2.22. The maximum absolute atomic E-state index is 13.4. The van der Waals surface area contributed by atoms with Crippen molar-refractivity contribution in [1.82, 2.24) is 9.38 Å². The number of fused-ring (bicyclic) bond motifs is 1. The summed E-state index contributed by atoms with van der Waals surface area (Å²) in [6.07, 6.45) is 3.81. The highest BCUT2D eigenvalue weighted by Crippen LogP contribution is 2.25. The van der Waals surface area contributed by atoms with E-state index in [0.717, 1.165) is 16.9 Å². The third-order valence-electron chi connectivity index (χ3n) is 3.26. The summed E-state index contributed by atoms with van der Waals surface area (Å²) in [5.41, 5.74) is 8.28. The van der Waals surface area contributed by atoms with Crippen LogP contribution in [0.4, 0.5) is 4.39 Å². The van der Waals surface area contributed by atoms with E-state index in [9.17, 15) is 4.39 Å². The van der Waals surface area contributed by atoms with Crippen LogP contribution in [0.15, 0.2) is 48.8 Å². The average Bonchev–Trinajstić information content (AvgIpc) is 2.87. The van der Waals surface area contributed by atoms with Crippen LogP contribution < -0.4 is 10.5 Å². The van der Waals surface area contributed by atoms with Crippen LogP contribution in [0.3, 0.4) is 0 Å². The molecule has 4 nitrogen and oxygen atoms in total. The van der Waals surface area contributed by atoms with Crippen molar-refractivity contribution in [2.45, 2.75) is 19.6 Å². The smallest absolute Gasteiger partial charge is 0.137 e. The number of ether oxygens (including phenoxy) is 1. The number of aromatic nitrogens is 2. The molecule has 0 radical (unpaired) electrons. The molecule has 0 bridgehead atoms. The first-order valence-corrected chi connectivity index (χ1v) is 6.74. The van der Waals surface area contributed by atoms with E-state index >= 15 is 0 Å². The molecule has 0 spiro atoms. The number of halogens is 1. The van der Waals surface area contributed by atoms with E-state index < -0.39 is 0 Å². The van der Waals surface area contributed by atoms with Crippen molar-refractivity contribution >= 4 is 5.65 Å². The number of hydrogen-bond donors (Lipinski definition) is 1. The van der Waals surface area contributed by atoms with Gasteiger partial charge in [-0.15, -0.1) is 0 Å². The second kappa shape index (κ2) is 5.54. The van der Waals surface area contributed by atoms with Gasteiger partial charge >= 0.3 is 0 Å². The summed E-state index contributed by atoms with van der Waals surface area (Å²) >= 11 is 0. The van der Waals surface area contributed by atoms with Gasteiger partial charge in [-0.05, 0) is 25.1 Å². The molecule has 0 saturated carbocycles. The SMILES string of the molecule is CC(N)c1ccc(F)cc1OCc1cn2ccccc2n1. The molecule has 21 heavy (non-hydrogen) atoms. The van der Waals surface area contributed by atoms with Gasteiger partial charge in [-0.2, -0.15) is 0 Å². The lowest BCUT2D eigenvalue weighted by atomic mass is 10.1. The van der Waals surface area contributed by atoms with Gasteiger partial charge in [0, 0.05) is 30.1 Å². The van der Waals surface area contributed by atoms with E-state index in [1.54, 1.807) is 6.07 Å². The fraction of sp³-hybridized carbons (Fsp3) is 0.188. The lowest BCUT2D eigenvalue weighted by molar-refractivity contribution is 0.296. The number of nitrogens with two attached hydrogens (primary N) is 1. The Labute approximate surface area is 122 Å². The van der Waals surface area contributed by atoms with E-state index in [0.29, 0.717) is 5.75 Å². The van der Waals surface area contributed by atoms with E-state index in [2.05, 4.69) is 4.98 Å². The standard InChI is InChI=1S/C16H16FN3O/c1-11(18)14-6-5-12(17)8-15(14)21-10-13-9-20-7-3-2-4-16(20)19-13/h2-9,11H,10,18H2,1H3. The Bertz CT molecular complexity index is 734. The first-order chi connectivity index (χ1) is 10.1. The molecule has 1 aromatic carbocycles. The lowest BCUT2D eigenvalue weighted by Gasteiger charge is -2.13. The maximum atomic E-state index is 13.4. The Morgan fingerprint density at radius 2 is 2.19 bits per heavy atom. The third kappa shape index (κ3) is 2.87. The molecule has 2 N–H and O–H groups in total. The number of nitrogens with zero attached hydrogens (tertiary/aromatic N) is 2. The van der Waals surface area contributed by atoms with Crippen LogP contribution in [0.2, 0.25) is 0 Å². The zero-order valence-corrected chi connectivity index (χ0v) is 11.7.